The molecule has 1 unspecified atom stereocenters. The maximum absolute atomic E-state index is 13.8. The lowest BCUT2D eigenvalue weighted by molar-refractivity contribution is 0.437. The van der Waals surface area contributed by atoms with E-state index in [0.717, 1.165) is 31.5 Å². The predicted octanol–water partition coefficient (Wildman–Crippen LogP) is 4.07. The molecule has 0 aliphatic heterocycles. The Morgan fingerprint density at radius 3 is 2.57 bits per heavy atom. The van der Waals surface area contributed by atoms with E-state index in [4.69, 9.17) is 4.42 Å². The summed E-state index contributed by atoms with van der Waals surface area (Å²) < 4.78 is 19.0. The van der Waals surface area contributed by atoms with Crippen molar-refractivity contribution in [1.82, 2.24) is 5.32 Å². The highest BCUT2D eigenvalue weighted by atomic mass is 19.1. The number of nitrogens with one attached hydrogen (secondary N) is 1. The van der Waals surface area contributed by atoms with E-state index in [2.05, 4.69) is 19.2 Å². The third-order valence-electron chi connectivity index (χ3n) is 3.56. The van der Waals surface area contributed by atoms with Crippen LogP contribution in [0.25, 0.3) is 0 Å². The van der Waals surface area contributed by atoms with Crippen LogP contribution in [0.4, 0.5) is 4.39 Å². The Bertz CT molecular complexity index is 522. The van der Waals surface area contributed by atoms with Crippen molar-refractivity contribution in [2.24, 2.45) is 11.8 Å². The van der Waals surface area contributed by atoms with Gasteiger partial charge < -0.3 is 9.73 Å². The third-order valence-corrected chi connectivity index (χ3v) is 3.56. The molecule has 0 amide bonds. The van der Waals surface area contributed by atoms with E-state index in [1.807, 2.05) is 18.2 Å². The van der Waals surface area contributed by atoms with Crippen molar-refractivity contribution in [3.63, 3.8) is 0 Å². The summed E-state index contributed by atoms with van der Waals surface area (Å²) in [5.74, 6) is 0.866. The van der Waals surface area contributed by atoms with E-state index in [-0.39, 0.29) is 5.82 Å². The summed E-state index contributed by atoms with van der Waals surface area (Å²) >= 11 is 0. The fourth-order valence-electron chi connectivity index (χ4n) is 2.51. The van der Waals surface area contributed by atoms with Gasteiger partial charge in [-0.3, -0.25) is 0 Å². The van der Waals surface area contributed by atoms with Crippen molar-refractivity contribution in [2.45, 2.75) is 26.7 Å². The van der Waals surface area contributed by atoms with Crippen molar-refractivity contribution in [3.8, 4) is 0 Å². The molecule has 0 aliphatic rings. The fourth-order valence-corrected chi connectivity index (χ4v) is 2.51. The van der Waals surface area contributed by atoms with E-state index in [0.29, 0.717) is 11.8 Å². The molecule has 1 aromatic heterocycles. The number of hydrogen-bond acceptors (Lipinski definition) is 2. The molecule has 114 valence electrons. The molecule has 0 saturated carbocycles. The Kier molecular flexibility index (Phi) is 6.00. The highest BCUT2D eigenvalue weighted by Gasteiger charge is 2.14. The SMILES string of the molecule is CC(C)CNCC(Cc1ccoc1)Cc1ccccc1F. The molecule has 0 fully saturated rings. The zero-order valence-corrected chi connectivity index (χ0v) is 12.8. The van der Waals surface area contributed by atoms with Crippen molar-refractivity contribution < 1.29 is 8.81 Å². The number of halogens is 1. The van der Waals surface area contributed by atoms with Crippen LogP contribution in [0.2, 0.25) is 0 Å². The lowest BCUT2D eigenvalue weighted by atomic mass is 9.93. The van der Waals surface area contributed by atoms with Crippen LogP contribution < -0.4 is 5.32 Å². The summed E-state index contributed by atoms with van der Waals surface area (Å²) in [7, 11) is 0. The normalized spacial score (nSPS) is 12.8. The van der Waals surface area contributed by atoms with Crippen LogP contribution in [-0.2, 0) is 12.8 Å². The van der Waals surface area contributed by atoms with Gasteiger partial charge in [-0.05, 0) is 61.0 Å². The zero-order valence-electron chi connectivity index (χ0n) is 12.8. The van der Waals surface area contributed by atoms with Crippen LogP contribution in [0.1, 0.15) is 25.0 Å². The standard InChI is InChI=1S/C18H24FNO/c1-14(2)11-20-12-16(9-15-7-8-21-13-15)10-17-5-3-4-6-18(17)19/h3-8,13-14,16,20H,9-12H2,1-2H3. The van der Waals surface area contributed by atoms with Gasteiger partial charge in [0.15, 0.2) is 0 Å². The molecule has 0 aliphatic carbocycles. The monoisotopic (exact) mass is 289 g/mol. The van der Waals surface area contributed by atoms with Gasteiger partial charge in [0.1, 0.15) is 5.82 Å². The molecule has 2 nitrogen and oxygen atoms in total. The van der Waals surface area contributed by atoms with Crippen LogP contribution >= 0.6 is 0 Å². The summed E-state index contributed by atoms with van der Waals surface area (Å²) in [6.45, 7) is 6.25. The minimum absolute atomic E-state index is 0.112. The van der Waals surface area contributed by atoms with Crippen molar-refractivity contribution in [1.29, 1.82) is 0 Å². The molecule has 1 N–H and O–H groups in total. The molecule has 2 aromatic rings. The van der Waals surface area contributed by atoms with Gasteiger partial charge >= 0.3 is 0 Å². The molecule has 2 rings (SSSR count). The van der Waals surface area contributed by atoms with Crippen LogP contribution in [-0.4, -0.2) is 13.1 Å². The largest absolute Gasteiger partial charge is 0.472 e. The molecule has 1 aromatic carbocycles. The topological polar surface area (TPSA) is 25.2 Å². The summed E-state index contributed by atoms with van der Waals surface area (Å²) in [4.78, 5) is 0. The Morgan fingerprint density at radius 2 is 1.90 bits per heavy atom. The average molecular weight is 289 g/mol. The van der Waals surface area contributed by atoms with Gasteiger partial charge in [-0.1, -0.05) is 32.0 Å². The first-order chi connectivity index (χ1) is 10.1. The van der Waals surface area contributed by atoms with E-state index in [1.165, 1.54) is 11.6 Å². The van der Waals surface area contributed by atoms with Gasteiger partial charge in [-0.15, -0.1) is 0 Å². The number of hydrogen-bond donors (Lipinski definition) is 1. The van der Waals surface area contributed by atoms with Crippen molar-refractivity contribution >= 4 is 0 Å². The van der Waals surface area contributed by atoms with Crippen LogP contribution in [0.15, 0.2) is 47.3 Å². The maximum atomic E-state index is 13.8. The Labute approximate surface area is 126 Å². The molecular formula is C18H24FNO. The average Bonchev–Trinajstić information content (AvgIpc) is 2.93. The number of benzene rings is 1. The number of rotatable bonds is 8. The Hall–Kier alpha value is -1.61. The quantitative estimate of drug-likeness (QED) is 0.792. The highest BCUT2D eigenvalue weighted by molar-refractivity contribution is 5.18. The van der Waals surface area contributed by atoms with Crippen molar-refractivity contribution in [3.05, 3.63) is 59.8 Å². The molecular weight excluding hydrogens is 265 g/mol. The molecule has 3 heteroatoms. The molecule has 0 bridgehead atoms. The second-order valence-corrected chi connectivity index (χ2v) is 6.05. The second kappa shape index (κ2) is 7.99. The van der Waals surface area contributed by atoms with Gasteiger partial charge in [-0.2, -0.15) is 0 Å². The molecule has 21 heavy (non-hydrogen) atoms. The van der Waals surface area contributed by atoms with Gasteiger partial charge in [-0.25, -0.2) is 4.39 Å². The predicted molar refractivity (Wildman–Crippen MR) is 83.7 cm³/mol. The van der Waals surface area contributed by atoms with E-state index < -0.39 is 0 Å². The van der Waals surface area contributed by atoms with Gasteiger partial charge in [0, 0.05) is 0 Å². The molecule has 1 atom stereocenters. The Morgan fingerprint density at radius 1 is 1.10 bits per heavy atom. The molecule has 0 saturated heterocycles. The van der Waals surface area contributed by atoms with Crippen LogP contribution in [0.3, 0.4) is 0 Å². The number of furan rings is 1. The first kappa shape index (κ1) is 15.8. The first-order valence-electron chi connectivity index (χ1n) is 7.60. The lowest BCUT2D eigenvalue weighted by Crippen LogP contribution is -2.29. The molecule has 0 radical (unpaired) electrons. The van der Waals surface area contributed by atoms with Gasteiger partial charge in [0.25, 0.3) is 0 Å². The summed E-state index contributed by atoms with van der Waals surface area (Å²) in [5.41, 5.74) is 1.96. The van der Waals surface area contributed by atoms with Gasteiger partial charge in [0.2, 0.25) is 0 Å². The van der Waals surface area contributed by atoms with Gasteiger partial charge in [0.05, 0.1) is 12.5 Å². The minimum atomic E-state index is -0.112. The second-order valence-electron chi connectivity index (χ2n) is 6.05. The summed E-state index contributed by atoms with van der Waals surface area (Å²) in [5, 5.41) is 3.48. The third kappa shape index (κ3) is 5.35. The summed E-state index contributed by atoms with van der Waals surface area (Å²) in [6.07, 6.45) is 5.10. The smallest absolute Gasteiger partial charge is 0.126 e. The molecule has 0 spiro atoms. The minimum Gasteiger partial charge on any atom is -0.472 e. The Balaban J connectivity index is 1.98. The van der Waals surface area contributed by atoms with Crippen LogP contribution in [0, 0.1) is 17.7 Å². The van der Waals surface area contributed by atoms with E-state index in [9.17, 15) is 4.39 Å². The molecule has 1 heterocycles. The van der Waals surface area contributed by atoms with E-state index in [1.54, 1.807) is 18.6 Å². The maximum Gasteiger partial charge on any atom is 0.126 e. The zero-order chi connectivity index (χ0) is 15.1. The van der Waals surface area contributed by atoms with E-state index >= 15 is 0 Å². The lowest BCUT2D eigenvalue weighted by Gasteiger charge is -2.18. The highest BCUT2D eigenvalue weighted by Crippen LogP contribution is 2.17. The first-order valence-corrected chi connectivity index (χ1v) is 7.60. The fraction of sp³-hybridized carbons (Fsp3) is 0.444. The summed E-state index contributed by atoms with van der Waals surface area (Å²) in [6, 6.07) is 9.03. The van der Waals surface area contributed by atoms with Crippen LogP contribution in [0.5, 0.6) is 0 Å². The van der Waals surface area contributed by atoms with Crippen molar-refractivity contribution in [2.75, 3.05) is 13.1 Å².